The minimum absolute atomic E-state index is 0.0723. The SMILES string of the molecule is O=C(Nc1cccc(Br)c1)c1cccc(Cl)c1F. The zero-order chi connectivity index (χ0) is 13.1. The fourth-order valence-corrected chi connectivity index (χ4v) is 2.02. The number of halogens is 3. The van der Waals surface area contributed by atoms with E-state index >= 15 is 0 Å². The summed E-state index contributed by atoms with van der Waals surface area (Å²) in [5.74, 6) is -1.25. The van der Waals surface area contributed by atoms with E-state index in [1.165, 1.54) is 18.2 Å². The molecule has 18 heavy (non-hydrogen) atoms. The number of nitrogens with one attached hydrogen (secondary N) is 1. The third kappa shape index (κ3) is 2.89. The highest BCUT2D eigenvalue weighted by Gasteiger charge is 2.14. The Labute approximate surface area is 117 Å². The minimum Gasteiger partial charge on any atom is -0.322 e. The molecule has 0 atom stereocenters. The quantitative estimate of drug-likeness (QED) is 0.864. The van der Waals surface area contributed by atoms with E-state index in [1.54, 1.807) is 18.2 Å². The maximum absolute atomic E-state index is 13.6. The second-order valence-corrected chi connectivity index (χ2v) is 4.89. The number of carbonyl (C=O) groups excluding carboxylic acids is 1. The first-order chi connectivity index (χ1) is 8.58. The number of amides is 1. The van der Waals surface area contributed by atoms with Crippen molar-refractivity contribution in [1.29, 1.82) is 0 Å². The second-order valence-electron chi connectivity index (χ2n) is 3.57. The molecule has 1 amide bonds. The van der Waals surface area contributed by atoms with E-state index in [1.807, 2.05) is 6.07 Å². The number of rotatable bonds is 2. The molecule has 2 aromatic rings. The van der Waals surface area contributed by atoms with Crippen LogP contribution in [-0.2, 0) is 0 Å². The van der Waals surface area contributed by atoms with Crippen molar-refractivity contribution < 1.29 is 9.18 Å². The third-order valence-corrected chi connectivity index (χ3v) is 3.06. The van der Waals surface area contributed by atoms with Crippen molar-refractivity contribution in [1.82, 2.24) is 0 Å². The molecule has 0 aliphatic heterocycles. The Hall–Kier alpha value is -1.39. The van der Waals surface area contributed by atoms with E-state index in [0.29, 0.717) is 5.69 Å². The van der Waals surface area contributed by atoms with E-state index < -0.39 is 11.7 Å². The van der Waals surface area contributed by atoms with Gasteiger partial charge in [0.2, 0.25) is 0 Å². The molecule has 1 N–H and O–H groups in total. The molecular weight excluding hydrogens is 321 g/mol. The molecule has 0 heterocycles. The lowest BCUT2D eigenvalue weighted by molar-refractivity contribution is 0.102. The lowest BCUT2D eigenvalue weighted by Gasteiger charge is -2.07. The largest absolute Gasteiger partial charge is 0.322 e. The summed E-state index contributed by atoms with van der Waals surface area (Å²) in [6.07, 6.45) is 0. The molecule has 0 fully saturated rings. The van der Waals surface area contributed by atoms with Crippen LogP contribution < -0.4 is 5.32 Å². The maximum atomic E-state index is 13.6. The van der Waals surface area contributed by atoms with Gasteiger partial charge in [0.15, 0.2) is 5.82 Å². The molecule has 0 radical (unpaired) electrons. The molecule has 0 unspecified atom stereocenters. The molecule has 2 nitrogen and oxygen atoms in total. The van der Waals surface area contributed by atoms with Crippen molar-refractivity contribution in [3.63, 3.8) is 0 Å². The van der Waals surface area contributed by atoms with E-state index in [2.05, 4.69) is 21.2 Å². The van der Waals surface area contributed by atoms with Crippen molar-refractivity contribution in [3.8, 4) is 0 Å². The summed E-state index contributed by atoms with van der Waals surface area (Å²) >= 11 is 8.91. The monoisotopic (exact) mass is 327 g/mol. The molecule has 0 spiro atoms. The zero-order valence-electron chi connectivity index (χ0n) is 9.08. The van der Waals surface area contributed by atoms with Gasteiger partial charge < -0.3 is 5.32 Å². The second kappa shape index (κ2) is 5.50. The first kappa shape index (κ1) is 13.1. The third-order valence-electron chi connectivity index (χ3n) is 2.28. The Morgan fingerprint density at radius 2 is 1.94 bits per heavy atom. The molecule has 0 saturated carbocycles. The van der Waals surface area contributed by atoms with Crippen LogP contribution >= 0.6 is 27.5 Å². The van der Waals surface area contributed by atoms with Crippen LogP contribution in [0.5, 0.6) is 0 Å². The minimum atomic E-state index is -0.716. The van der Waals surface area contributed by atoms with Crippen LogP contribution in [0.3, 0.4) is 0 Å². The Balaban J connectivity index is 2.25. The Bertz CT molecular complexity index is 603. The molecule has 0 saturated heterocycles. The fraction of sp³-hybridized carbons (Fsp3) is 0. The van der Waals surface area contributed by atoms with E-state index in [9.17, 15) is 9.18 Å². The van der Waals surface area contributed by atoms with E-state index in [4.69, 9.17) is 11.6 Å². The summed E-state index contributed by atoms with van der Waals surface area (Å²) in [5.41, 5.74) is 0.497. The van der Waals surface area contributed by atoms with Crippen LogP contribution in [0, 0.1) is 5.82 Å². The summed E-state index contributed by atoms with van der Waals surface area (Å²) in [4.78, 5) is 11.9. The summed E-state index contributed by atoms with van der Waals surface area (Å²) < 4.78 is 14.5. The van der Waals surface area contributed by atoms with Crippen LogP contribution in [0.4, 0.5) is 10.1 Å². The van der Waals surface area contributed by atoms with Crippen molar-refractivity contribution in [2.45, 2.75) is 0 Å². The van der Waals surface area contributed by atoms with Gasteiger partial charge in [-0.05, 0) is 30.3 Å². The average molecular weight is 329 g/mol. The van der Waals surface area contributed by atoms with Gasteiger partial charge in [-0.3, -0.25) is 4.79 Å². The Kier molecular flexibility index (Phi) is 3.99. The smallest absolute Gasteiger partial charge is 0.258 e. The first-order valence-corrected chi connectivity index (χ1v) is 6.26. The number of hydrogen-bond donors (Lipinski definition) is 1. The molecule has 0 aromatic heterocycles. The lowest BCUT2D eigenvalue weighted by Crippen LogP contribution is -2.13. The van der Waals surface area contributed by atoms with Gasteiger partial charge in [-0.25, -0.2) is 4.39 Å². The van der Waals surface area contributed by atoms with Gasteiger partial charge in [-0.1, -0.05) is 39.7 Å². The van der Waals surface area contributed by atoms with Crippen LogP contribution in [-0.4, -0.2) is 5.91 Å². The summed E-state index contributed by atoms with van der Waals surface area (Å²) in [6, 6.07) is 11.3. The predicted octanol–water partition coefficient (Wildman–Crippen LogP) is 4.49. The van der Waals surface area contributed by atoms with Crippen molar-refractivity contribution >= 4 is 39.1 Å². The molecular formula is C13H8BrClFNO. The highest BCUT2D eigenvalue weighted by Crippen LogP contribution is 2.20. The molecule has 0 aliphatic rings. The van der Waals surface area contributed by atoms with Gasteiger partial charge in [-0.2, -0.15) is 0 Å². The zero-order valence-corrected chi connectivity index (χ0v) is 11.4. The lowest BCUT2D eigenvalue weighted by atomic mass is 10.2. The summed E-state index contributed by atoms with van der Waals surface area (Å²) in [7, 11) is 0. The van der Waals surface area contributed by atoms with Crippen LogP contribution in [0.25, 0.3) is 0 Å². The van der Waals surface area contributed by atoms with Crippen LogP contribution in [0.1, 0.15) is 10.4 Å². The summed E-state index contributed by atoms with van der Waals surface area (Å²) in [5, 5.41) is 2.53. The molecule has 0 bridgehead atoms. The molecule has 2 aromatic carbocycles. The normalized spacial score (nSPS) is 10.2. The highest BCUT2D eigenvalue weighted by atomic mass is 79.9. The van der Waals surface area contributed by atoms with E-state index in [-0.39, 0.29) is 10.6 Å². The molecule has 2 rings (SSSR count). The van der Waals surface area contributed by atoms with Gasteiger partial charge in [0.05, 0.1) is 10.6 Å². The summed E-state index contributed by atoms with van der Waals surface area (Å²) in [6.45, 7) is 0. The van der Waals surface area contributed by atoms with Crippen molar-refractivity contribution in [2.75, 3.05) is 5.32 Å². The number of benzene rings is 2. The van der Waals surface area contributed by atoms with Gasteiger partial charge in [0.25, 0.3) is 5.91 Å². The van der Waals surface area contributed by atoms with Crippen LogP contribution in [0.15, 0.2) is 46.9 Å². The number of carbonyl (C=O) groups is 1. The van der Waals surface area contributed by atoms with Gasteiger partial charge in [0, 0.05) is 10.2 Å². The maximum Gasteiger partial charge on any atom is 0.258 e. The van der Waals surface area contributed by atoms with Crippen molar-refractivity contribution in [3.05, 3.63) is 63.3 Å². The topological polar surface area (TPSA) is 29.1 Å². The predicted molar refractivity (Wildman–Crippen MR) is 73.5 cm³/mol. The standard InChI is InChI=1S/C13H8BrClFNO/c14-8-3-1-4-9(7-8)17-13(18)10-5-2-6-11(15)12(10)16/h1-7H,(H,17,18). The Morgan fingerprint density at radius 3 is 2.67 bits per heavy atom. The van der Waals surface area contributed by atoms with E-state index in [0.717, 1.165) is 4.47 Å². The van der Waals surface area contributed by atoms with Gasteiger partial charge >= 0.3 is 0 Å². The van der Waals surface area contributed by atoms with Crippen LogP contribution in [0.2, 0.25) is 5.02 Å². The van der Waals surface area contributed by atoms with Gasteiger partial charge in [0.1, 0.15) is 0 Å². The number of anilines is 1. The molecule has 92 valence electrons. The Morgan fingerprint density at radius 1 is 1.22 bits per heavy atom. The van der Waals surface area contributed by atoms with Gasteiger partial charge in [-0.15, -0.1) is 0 Å². The highest BCUT2D eigenvalue weighted by molar-refractivity contribution is 9.10. The fourth-order valence-electron chi connectivity index (χ4n) is 1.44. The first-order valence-electron chi connectivity index (χ1n) is 5.09. The molecule has 5 heteroatoms. The molecule has 0 aliphatic carbocycles. The number of hydrogen-bond acceptors (Lipinski definition) is 1. The van der Waals surface area contributed by atoms with Crippen molar-refractivity contribution in [2.24, 2.45) is 0 Å². The average Bonchev–Trinajstić information content (AvgIpc) is 2.32.